The van der Waals surface area contributed by atoms with E-state index in [-0.39, 0.29) is 13.2 Å². The fourth-order valence-corrected chi connectivity index (χ4v) is 0.404. The molecule has 0 radical (unpaired) electrons. The molecule has 60 valence electrons. The lowest BCUT2D eigenvalue weighted by atomic mass is 10.4. The van der Waals surface area contributed by atoms with Crippen LogP contribution in [-0.2, 0) is 9.53 Å². The third kappa shape index (κ3) is 5.68. The van der Waals surface area contributed by atoms with Gasteiger partial charge in [-0.05, 0) is 0 Å². The van der Waals surface area contributed by atoms with Crippen molar-refractivity contribution in [2.24, 2.45) is 0 Å². The maximum Gasteiger partial charge on any atom is 0.122 e. The molecule has 0 aromatic carbocycles. The molecule has 2 N–H and O–H groups in total. The number of aldehydes is 1. The number of carbonyl (C=O) groups excluding carboxylic acids is 1. The van der Waals surface area contributed by atoms with Crippen LogP contribution in [0.2, 0.25) is 0 Å². The minimum atomic E-state index is -0.827. The molecule has 0 spiro atoms. The Kier molecular flexibility index (Phi) is 6.37. The second-order valence-corrected chi connectivity index (χ2v) is 1.87. The Morgan fingerprint density at radius 3 is 2.80 bits per heavy atom. The first-order chi connectivity index (χ1) is 4.81. The SMILES string of the molecule is O=CCCOCC(O)CO. The van der Waals surface area contributed by atoms with Crippen molar-refractivity contribution in [1.82, 2.24) is 0 Å². The molecule has 0 heterocycles. The van der Waals surface area contributed by atoms with Crippen LogP contribution < -0.4 is 0 Å². The Morgan fingerprint density at radius 2 is 2.30 bits per heavy atom. The van der Waals surface area contributed by atoms with Crippen molar-refractivity contribution in [3.63, 3.8) is 0 Å². The maximum absolute atomic E-state index is 9.73. The van der Waals surface area contributed by atoms with Crippen LogP contribution >= 0.6 is 0 Å². The normalized spacial score (nSPS) is 13.0. The summed E-state index contributed by atoms with van der Waals surface area (Å²) in [5, 5.41) is 17.0. The van der Waals surface area contributed by atoms with Crippen LogP contribution in [0.3, 0.4) is 0 Å². The number of aliphatic hydroxyl groups excluding tert-OH is 2. The van der Waals surface area contributed by atoms with Gasteiger partial charge >= 0.3 is 0 Å². The van der Waals surface area contributed by atoms with Gasteiger partial charge in [0.05, 0.1) is 19.8 Å². The average molecular weight is 148 g/mol. The molecule has 0 rings (SSSR count). The van der Waals surface area contributed by atoms with Gasteiger partial charge in [-0.25, -0.2) is 0 Å². The van der Waals surface area contributed by atoms with Crippen LogP contribution in [0.5, 0.6) is 0 Å². The van der Waals surface area contributed by atoms with Crippen LogP contribution in [-0.4, -0.2) is 42.4 Å². The average Bonchev–Trinajstić information content (AvgIpc) is 1.98. The predicted molar refractivity (Wildman–Crippen MR) is 34.6 cm³/mol. The van der Waals surface area contributed by atoms with E-state index in [1.54, 1.807) is 0 Å². The van der Waals surface area contributed by atoms with Gasteiger partial charge in [-0.15, -0.1) is 0 Å². The van der Waals surface area contributed by atoms with Crippen molar-refractivity contribution in [1.29, 1.82) is 0 Å². The zero-order valence-corrected chi connectivity index (χ0v) is 5.69. The summed E-state index contributed by atoms with van der Waals surface area (Å²) in [4.78, 5) is 9.73. The van der Waals surface area contributed by atoms with Crippen LogP contribution in [0.4, 0.5) is 0 Å². The number of rotatable bonds is 6. The molecule has 0 aliphatic heterocycles. The van der Waals surface area contributed by atoms with E-state index in [9.17, 15) is 4.79 Å². The fourth-order valence-electron chi connectivity index (χ4n) is 0.404. The summed E-state index contributed by atoms with van der Waals surface area (Å²) in [6, 6.07) is 0. The van der Waals surface area contributed by atoms with Crippen molar-refractivity contribution in [2.75, 3.05) is 19.8 Å². The van der Waals surface area contributed by atoms with Crippen LogP contribution in [0.15, 0.2) is 0 Å². The van der Waals surface area contributed by atoms with Crippen molar-refractivity contribution in [2.45, 2.75) is 12.5 Å². The van der Waals surface area contributed by atoms with E-state index in [1.807, 2.05) is 0 Å². The topological polar surface area (TPSA) is 66.8 Å². The van der Waals surface area contributed by atoms with Crippen LogP contribution in [0.25, 0.3) is 0 Å². The second-order valence-electron chi connectivity index (χ2n) is 1.87. The Balaban J connectivity index is 2.95. The number of hydrogen-bond donors (Lipinski definition) is 2. The van der Waals surface area contributed by atoms with Gasteiger partial charge in [-0.3, -0.25) is 0 Å². The Labute approximate surface area is 59.4 Å². The number of aliphatic hydroxyl groups is 2. The van der Waals surface area contributed by atoms with Gasteiger partial charge in [0.15, 0.2) is 0 Å². The van der Waals surface area contributed by atoms with E-state index in [2.05, 4.69) is 0 Å². The molecular formula is C6H12O4. The van der Waals surface area contributed by atoms with E-state index >= 15 is 0 Å². The lowest BCUT2D eigenvalue weighted by molar-refractivity contribution is -0.109. The van der Waals surface area contributed by atoms with E-state index < -0.39 is 6.10 Å². The van der Waals surface area contributed by atoms with Crippen molar-refractivity contribution >= 4 is 6.29 Å². The zero-order chi connectivity index (χ0) is 7.82. The van der Waals surface area contributed by atoms with E-state index in [1.165, 1.54) is 0 Å². The summed E-state index contributed by atoms with van der Waals surface area (Å²) in [6.07, 6.45) is 0.246. The largest absolute Gasteiger partial charge is 0.394 e. The van der Waals surface area contributed by atoms with E-state index in [0.717, 1.165) is 6.29 Å². The molecule has 0 amide bonds. The molecule has 0 bridgehead atoms. The van der Waals surface area contributed by atoms with Gasteiger partial charge in [0, 0.05) is 6.42 Å². The van der Waals surface area contributed by atoms with Gasteiger partial charge < -0.3 is 19.7 Å². The van der Waals surface area contributed by atoms with Gasteiger partial charge in [-0.2, -0.15) is 0 Å². The molecule has 0 saturated heterocycles. The van der Waals surface area contributed by atoms with Crippen molar-refractivity contribution in [3.8, 4) is 0 Å². The van der Waals surface area contributed by atoms with Gasteiger partial charge in [0.1, 0.15) is 12.4 Å². The standard InChI is InChI=1S/C6H12O4/c7-2-1-3-10-5-6(9)4-8/h2,6,8-9H,1,3-5H2. The Hall–Kier alpha value is -0.450. The predicted octanol–water partition coefficient (Wildman–Crippen LogP) is -1.05. The second kappa shape index (κ2) is 6.67. The summed E-state index contributed by atoms with van der Waals surface area (Å²) in [5.74, 6) is 0. The van der Waals surface area contributed by atoms with Crippen molar-refractivity contribution in [3.05, 3.63) is 0 Å². The smallest absolute Gasteiger partial charge is 0.122 e. The van der Waals surface area contributed by atoms with Crippen LogP contribution in [0.1, 0.15) is 6.42 Å². The third-order valence-corrected chi connectivity index (χ3v) is 0.901. The number of ether oxygens (including phenoxy) is 1. The molecule has 1 unspecified atom stereocenters. The highest BCUT2D eigenvalue weighted by atomic mass is 16.5. The summed E-state index contributed by atoms with van der Waals surface area (Å²) in [7, 11) is 0. The zero-order valence-electron chi connectivity index (χ0n) is 5.69. The Bertz CT molecular complexity index is 83.8. The molecule has 10 heavy (non-hydrogen) atoms. The molecule has 0 saturated carbocycles. The summed E-state index contributed by atoms with van der Waals surface area (Å²) < 4.78 is 4.79. The minimum absolute atomic E-state index is 0.0876. The first kappa shape index (κ1) is 9.55. The van der Waals surface area contributed by atoms with Crippen molar-refractivity contribution < 1.29 is 19.7 Å². The summed E-state index contributed by atoms with van der Waals surface area (Å²) >= 11 is 0. The monoisotopic (exact) mass is 148 g/mol. The summed E-state index contributed by atoms with van der Waals surface area (Å²) in [6.45, 7) is 0.0893. The lowest BCUT2D eigenvalue weighted by Gasteiger charge is -2.05. The lowest BCUT2D eigenvalue weighted by Crippen LogP contribution is -2.19. The van der Waals surface area contributed by atoms with Crippen LogP contribution in [0, 0.1) is 0 Å². The number of carbonyl (C=O) groups is 1. The van der Waals surface area contributed by atoms with Gasteiger partial charge in [-0.1, -0.05) is 0 Å². The van der Waals surface area contributed by atoms with E-state index in [4.69, 9.17) is 14.9 Å². The molecular weight excluding hydrogens is 136 g/mol. The molecule has 4 heteroatoms. The van der Waals surface area contributed by atoms with Gasteiger partial charge in [0.2, 0.25) is 0 Å². The van der Waals surface area contributed by atoms with Gasteiger partial charge in [0.25, 0.3) is 0 Å². The maximum atomic E-state index is 9.73. The highest BCUT2D eigenvalue weighted by Crippen LogP contribution is 1.84. The summed E-state index contributed by atoms with van der Waals surface area (Å²) in [5.41, 5.74) is 0. The minimum Gasteiger partial charge on any atom is -0.394 e. The quantitative estimate of drug-likeness (QED) is 0.372. The Morgan fingerprint density at radius 1 is 1.60 bits per heavy atom. The highest BCUT2D eigenvalue weighted by Gasteiger charge is 1.99. The molecule has 0 aliphatic rings. The third-order valence-electron chi connectivity index (χ3n) is 0.901. The molecule has 0 aromatic heterocycles. The number of hydrogen-bond acceptors (Lipinski definition) is 4. The molecule has 0 aliphatic carbocycles. The molecule has 4 nitrogen and oxygen atoms in total. The molecule has 0 aromatic rings. The van der Waals surface area contributed by atoms with E-state index in [0.29, 0.717) is 13.0 Å². The highest BCUT2D eigenvalue weighted by molar-refractivity contribution is 5.49. The molecule has 0 fully saturated rings. The first-order valence-corrected chi connectivity index (χ1v) is 3.11. The molecule has 1 atom stereocenters. The first-order valence-electron chi connectivity index (χ1n) is 3.11. The fraction of sp³-hybridized carbons (Fsp3) is 0.833.